The van der Waals surface area contributed by atoms with Gasteiger partial charge in [-0.05, 0) is 42.5 Å². The van der Waals surface area contributed by atoms with Crippen LogP contribution in [-0.2, 0) is 10.2 Å². The van der Waals surface area contributed by atoms with Crippen molar-refractivity contribution in [1.29, 1.82) is 0 Å². The molecule has 0 unspecified atom stereocenters. The van der Waals surface area contributed by atoms with Crippen LogP contribution in [0.1, 0.15) is 45.6 Å². The molecule has 19 heavy (non-hydrogen) atoms. The molecule has 0 saturated carbocycles. The van der Waals surface area contributed by atoms with E-state index in [2.05, 4.69) is 26.1 Å². The summed E-state index contributed by atoms with van der Waals surface area (Å²) >= 11 is 0. The fourth-order valence-corrected chi connectivity index (χ4v) is 1.75. The van der Waals surface area contributed by atoms with Gasteiger partial charge in [-0.3, -0.25) is 4.79 Å². The van der Waals surface area contributed by atoms with Crippen molar-refractivity contribution in [3.05, 3.63) is 23.8 Å². The normalized spacial score (nSPS) is 11.4. The Morgan fingerprint density at radius 2 is 2.00 bits per heavy atom. The first kappa shape index (κ1) is 15.5. The Labute approximate surface area is 115 Å². The van der Waals surface area contributed by atoms with E-state index >= 15 is 0 Å². The predicted molar refractivity (Wildman–Crippen MR) is 78.3 cm³/mol. The lowest BCUT2D eigenvalue weighted by Crippen LogP contribution is -2.15. The van der Waals surface area contributed by atoms with Gasteiger partial charge < -0.3 is 16.2 Å². The first-order valence-electron chi connectivity index (χ1n) is 6.68. The maximum atomic E-state index is 11.7. The van der Waals surface area contributed by atoms with Gasteiger partial charge in [-0.1, -0.05) is 26.8 Å². The zero-order valence-corrected chi connectivity index (χ0v) is 12.0. The van der Waals surface area contributed by atoms with Crippen molar-refractivity contribution in [3.63, 3.8) is 0 Å². The van der Waals surface area contributed by atoms with Crippen molar-refractivity contribution in [1.82, 2.24) is 0 Å². The van der Waals surface area contributed by atoms with E-state index in [-0.39, 0.29) is 17.1 Å². The van der Waals surface area contributed by atoms with Gasteiger partial charge in [0.05, 0.1) is 5.69 Å². The number of rotatable bonds is 5. The van der Waals surface area contributed by atoms with Crippen LogP contribution in [0, 0.1) is 0 Å². The SMILES string of the molecule is CC(C)(C)c1ccc(O)c(NC(=O)CCCCN)c1. The topological polar surface area (TPSA) is 75.3 Å². The van der Waals surface area contributed by atoms with Gasteiger partial charge in [-0.15, -0.1) is 0 Å². The van der Waals surface area contributed by atoms with Crippen LogP contribution >= 0.6 is 0 Å². The van der Waals surface area contributed by atoms with Crippen molar-refractivity contribution in [3.8, 4) is 5.75 Å². The van der Waals surface area contributed by atoms with E-state index in [4.69, 9.17) is 5.73 Å². The van der Waals surface area contributed by atoms with Gasteiger partial charge in [-0.2, -0.15) is 0 Å². The first-order valence-corrected chi connectivity index (χ1v) is 6.68. The zero-order chi connectivity index (χ0) is 14.5. The molecule has 4 heteroatoms. The lowest BCUT2D eigenvalue weighted by molar-refractivity contribution is -0.116. The highest BCUT2D eigenvalue weighted by Crippen LogP contribution is 2.30. The third-order valence-corrected chi connectivity index (χ3v) is 2.99. The second-order valence-corrected chi connectivity index (χ2v) is 5.78. The number of anilines is 1. The molecular formula is C15H24N2O2. The summed E-state index contributed by atoms with van der Waals surface area (Å²) in [6.45, 7) is 6.86. The van der Waals surface area contributed by atoms with Gasteiger partial charge in [0.15, 0.2) is 0 Å². The maximum Gasteiger partial charge on any atom is 0.224 e. The minimum Gasteiger partial charge on any atom is -0.506 e. The molecule has 1 aromatic carbocycles. The quantitative estimate of drug-likeness (QED) is 0.565. The Bertz CT molecular complexity index is 436. The molecule has 0 fully saturated rings. The molecule has 0 bridgehead atoms. The summed E-state index contributed by atoms with van der Waals surface area (Å²) in [5.41, 5.74) is 6.92. The summed E-state index contributed by atoms with van der Waals surface area (Å²) in [6.07, 6.45) is 2.03. The number of unbranched alkanes of at least 4 members (excludes halogenated alkanes) is 1. The summed E-state index contributed by atoms with van der Waals surface area (Å²) in [4.78, 5) is 11.7. The number of nitrogens with two attached hydrogens (primary N) is 1. The molecule has 1 aromatic rings. The van der Waals surface area contributed by atoms with E-state index in [1.807, 2.05) is 12.1 Å². The van der Waals surface area contributed by atoms with Crippen LogP contribution in [0.15, 0.2) is 18.2 Å². The number of phenols is 1. The number of amides is 1. The molecule has 4 N–H and O–H groups in total. The van der Waals surface area contributed by atoms with E-state index in [1.165, 1.54) is 0 Å². The van der Waals surface area contributed by atoms with E-state index in [1.54, 1.807) is 6.07 Å². The van der Waals surface area contributed by atoms with Gasteiger partial charge in [0.2, 0.25) is 5.91 Å². The molecule has 1 amide bonds. The molecule has 0 radical (unpaired) electrons. The second-order valence-electron chi connectivity index (χ2n) is 5.78. The molecule has 0 spiro atoms. The number of carbonyl (C=O) groups is 1. The smallest absolute Gasteiger partial charge is 0.224 e. The lowest BCUT2D eigenvalue weighted by Gasteiger charge is -2.20. The number of phenolic OH excluding ortho intramolecular Hbond substituents is 1. The van der Waals surface area contributed by atoms with E-state index in [0.717, 1.165) is 18.4 Å². The Kier molecular flexibility index (Phi) is 5.36. The van der Waals surface area contributed by atoms with Gasteiger partial charge in [-0.25, -0.2) is 0 Å². The summed E-state index contributed by atoms with van der Waals surface area (Å²) in [5, 5.41) is 12.5. The third kappa shape index (κ3) is 4.91. The van der Waals surface area contributed by atoms with Crippen LogP contribution in [0.2, 0.25) is 0 Å². The fraction of sp³-hybridized carbons (Fsp3) is 0.533. The van der Waals surface area contributed by atoms with Crippen LogP contribution in [0.3, 0.4) is 0 Å². The molecule has 106 valence electrons. The van der Waals surface area contributed by atoms with Crippen LogP contribution < -0.4 is 11.1 Å². The molecule has 0 aliphatic carbocycles. The maximum absolute atomic E-state index is 11.7. The van der Waals surface area contributed by atoms with E-state index in [0.29, 0.717) is 18.7 Å². The van der Waals surface area contributed by atoms with Crippen LogP contribution in [0.4, 0.5) is 5.69 Å². The number of benzene rings is 1. The predicted octanol–water partition coefficient (Wildman–Crippen LogP) is 2.76. The average molecular weight is 264 g/mol. The molecule has 0 aliphatic rings. The highest BCUT2D eigenvalue weighted by Gasteiger charge is 2.16. The standard InChI is InChI=1S/C15H24N2O2/c1-15(2,3)11-7-8-13(18)12(10-11)17-14(19)6-4-5-9-16/h7-8,10,18H,4-6,9,16H2,1-3H3,(H,17,19). The summed E-state index contributed by atoms with van der Waals surface area (Å²) in [7, 11) is 0. The Morgan fingerprint density at radius 1 is 1.32 bits per heavy atom. The Balaban J connectivity index is 2.74. The number of hydrogen-bond acceptors (Lipinski definition) is 3. The summed E-state index contributed by atoms with van der Waals surface area (Å²) in [6, 6.07) is 5.33. The highest BCUT2D eigenvalue weighted by atomic mass is 16.3. The van der Waals surface area contributed by atoms with Gasteiger partial charge in [0.25, 0.3) is 0 Å². The largest absolute Gasteiger partial charge is 0.506 e. The van der Waals surface area contributed by atoms with Crippen molar-refractivity contribution < 1.29 is 9.90 Å². The van der Waals surface area contributed by atoms with Gasteiger partial charge >= 0.3 is 0 Å². The van der Waals surface area contributed by atoms with Crippen LogP contribution in [0.25, 0.3) is 0 Å². The van der Waals surface area contributed by atoms with Gasteiger partial charge in [0.1, 0.15) is 5.75 Å². The first-order chi connectivity index (χ1) is 8.84. The van der Waals surface area contributed by atoms with Crippen molar-refractivity contribution in [2.45, 2.75) is 45.4 Å². The number of nitrogens with one attached hydrogen (secondary N) is 1. The molecule has 0 heterocycles. The second kappa shape index (κ2) is 6.57. The molecule has 1 rings (SSSR count). The lowest BCUT2D eigenvalue weighted by atomic mass is 9.87. The fourth-order valence-electron chi connectivity index (χ4n) is 1.75. The molecule has 0 saturated heterocycles. The summed E-state index contributed by atoms with van der Waals surface area (Å²) < 4.78 is 0. The van der Waals surface area contributed by atoms with E-state index in [9.17, 15) is 9.90 Å². The van der Waals surface area contributed by atoms with Crippen molar-refractivity contribution >= 4 is 11.6 Å². The van der Waals surface area contributed by atoms with Crippen molar-refractivity contribution in [2.24, 2.45) is 5.73 Å². The van der Waals surface area contributed by atoms with E-state index < -0.39 is 0 Å². The average Bonchev–Trinajstić information content (AvgIpc) is 2.31. The molecular weight excluding hydrogens is 240 g/mol. The van der Waals surface area contributed by atoms with Gasteiger partial charge in [0, 0.05) is 6.42 Å². The molecule has 0 aliphatic heterocycles. The molecule has 0 atom stereocenters. The van der Waals surface area contributed by atoms with Crippen molar-refractivity contribution in [2.75, 3.05) is 11.9 Å². The Hall–Kier alpha value is -1.55. The van der Waals surface area contributed by atoms with Crippen LogP contribution in [-0.4, -0.2) is 17.6 Å². The monoisotopic (exact) mass is 264 g/mol. The number of aromatic hydroxyl groups is 1. The minimum absolute atomic E-state index is 0.0211. The summed E-state index contributed by atoms with van der Waals surface area (Å²) in [5.74, 6) is 0.00924. The molecule has 0 aromatic heterocycles. The zero-order valence-electron chi connectivity index (χ0n) is 12.0. The highest BCUT2D eigenvalue weighted by molar-refractivity contribution is 5.92. The minimum atomic E-state index is -0.0881. The number of hydrogen-bond donors (Lipinski definition) is 3. The third-order valence-electron chi connectivity index (χ3n) is 2.99. The van der Waals surface area contributed by atoms with Crippen LogP contribution in [0.5, 0.6) is 5.75 Å². The Morgan fingerprint density at radius 3 is 2.58 bits per heavy atom. The molecule has 4 nitrogen and oxygen atoms in total. The number of carbonyl (C=O) groups excluding carboxylic acids is 1.